The minimum absolute atomic E-state index is 0.176. The van der Waals surface area contributed by atoms with Crippen LogP contribution in [-0.4, -0.2) is 25.5 Å². The lowest BCUT2D eigenvalue weighted by Crippen LogP contribution is -2.24. The molecule has 6 nitrogen and oxygen atoms in total. The monoisotopic (exact) mass is 355 g/mol. The molecule has 1 atom stereocenters. The second-order valence-corrected chi connectivity index (χ2v) is 6.46. The van der Waals surface area contributed by atoms with Crippen LogP contribution in [0.5, 0.6) is 0 Å². The summed E-state index contributed by atoms with van der Waals surface area (Å²) >= 11 is 0. The quantitative estimate of drug-likeness (QED) is 0.763. The van der Waals surface area contributed by atoms with Crippen molar-refractivity contribution in [2.24, 2.45) is 0 Å². The van der Waals surface area contributed by atoms with Crippen molar-refractivity contribution < 1.29 is 9.18 Å². The summed E-state index contributed by atoms with van der Waals surface area (Å²) in [6.07, 6.45) is 3.54. The number of nitrogens with zero attached hydrogens (tertiary/aromatic N) is 4. The van der Waals surface area contributed by atoms with Crippen LogP contribution in [0.2, 0.25) is 0 Å². The first kappa shape index (κ1) is 17.8. The van der Waals surface area contributed by atoms with Crippen molar-refractivity contribution in [2.45, 2.75) is 40.3 Å². The van der Waals surface area contributed by atoms with Crippen molar-refractivity contribution in [3.05, 3.63) is 65.0 Å². The van der Waals surface area contributed by atoms with Gasteiger partial charge in [0.05, 0.1) is 29.8 Å². The Morgan fingerprint density at radius 2 is 2.00 bits per heavy atom. The van der Waals surface area contributed by atoms with E-state index in [1.165, 1.54) is 6.07 Å². The fourth-order valence-electron chi connectivity index (χ4n) is 2.81. The minimum atomic E-state index is -0.447. The lowest BCUT2D eigenvalue weighted by Gasteiger charge is -2.13. The van der Waals surface area contributed by atoms with Crippen LogP contribution in [0.25, 0.3) is 0 Å². The number of carbonyl (C=O) groups is 1. The standard InChI is InChI=1S/C19H22FN5O/c1-12-9-21-24(10-12)15(4)19(26)22-18-13(2)23-25(14(18)3)11-16-7-5-6-8-17(16)20/h5-10,15H,11H2,1-4H3,(H,22,26). The topological polar surface area (TPSA) is 64.7 Å². The number of hydrogen-bond donors (Lipinski definition) is 1. The number of aromatic nitrogens is 4. The van der Waals surface area contributed by atoms with Crippen LogP contribution in [0.15, 0.2) is 36.7 Å². The molecule has 26 heavy (non-hydrogen) atoms. The lowest BCUT2D eigenvalue weighted by molar-refractivity contribution is -0.119. The average Bonchev–Trinajstić information content (AvgIpc) is 3.15. The van der Waals surface area contributed by atoms with Crippen LogP contribution in [0.4, 0.5) is 10.1 Å². The number of rotatable bonds is 5. The second kappa shape index (κ2) is 7.11. The Morgan fingerprint density at radius 1 is 1.27 bits per heavy atom. The zero-order valence-corrected chi connectivity index (χ0v) is 15.3. The molecule has 0 radical (unpaired) electrons. The van der Waals surface area contributed by atoms with Crippen LogP contribution in [0, 0.1) is 26.6 Å². The minimum Gasteiger partial charge on any atom is -0.321 e. The average molecular weight is 355 g/mol. The Bertz CT molecular complexity index is 943. The molecule has 1 amide bonds. The summed E-state index contributed by atoms with van der Waals surface area (Å²) in [5.74, 6) is -0.446. The highest BCUT2D eigenvalue weighted by Crippen LogP contribution is 2.22. The van der Waals surface area contributed by atoms with E-state index in [1.807, 2.05) is 27.0 Å². The maximum Gasteiger partial charge on any atom is 0.249 e. The van der Waals surface area contributed by atoms with E-state index in [-0.39, 0.29) is 11.7 Å². The molecular weight excluding hydrogens is 333 g/mol. The maximum absolute atomic E-state index is 13.9. The predicted octanol–water partition coefficient (Wildman–Crippen LogP) is 3.39. The first-order valence-corrected chi connectivity index (χ1v) is 8.46. The number of hydrogen-bond acceptors (Lipinski definition) is 3. The van der Waals surface area contributed by atoms with Gasteiger partial charge in [-0.05, 0) is 39.3 Å². The highest BCUT2D eigenvalue weighted by molar-refractivity contribution is 5.94. The molecule has 3 aromatic rings. The molecule has 1 unspecified atom stereocenters. The van der Waals surface area contributed by atoms with E-state index in [9.17, 15) is 9.18 Å². The molecule has 136 valence electrons. The van der Waals surface area contributed by atoms with Crippen molar-refractivity contribution in [1.82, 2.24) is 19.6 Å². The van der Waals surface area contributed by atoms with Gasteiger partial charge in [0.1, 0.15) is 11.9 Å². The van der Waals surface area contributed by atoms with E-state index < -0.39 is 6.04 Å². The Hall–Kier alpha value is -2.96. The molecule has 1 N–H and O–H groups in total. The molecule has 0 bridgehead atoms. The predicted molar refractivity (Wildman–Crippen MR) is 97.5 cm³/mol. The van der Waals surface area contributed by atoms with Gasteiger partial charge in [-0.25, -0.2) is 4.39 Å². The van der Waals surface area contributed by atoms with E-state index in [4.69, 9.17) is 0 Å². The lowest BCUT2D eigenvalue weighted by atomic mass is 10.2. The summed E-state index contributed by atoms with van der Waals surface area (Å²) in [5.41, 5.74) is 3.67. The molecule has 7 heteroatoms. The SMILES string of the molecule is Cc1cnn(C(C)C(=O)Nc2c(C)nn(Cc3ccccc3F)c2C)c1. The number of amides is 1. The maximum atomic E-state index is 13.9. The van der Waals surface area contributed by atoms with E-state index in [1.54, 1.807) is 40.7 Å². The molecule has 0 fully saturated rings. The third-order valence-corrected chi connectivity index (χ3v) is 4.41. The second-order valence-electron chi connectivity index (χ2n) is 6.46. The number of anilines is 1. The summed E-state index contributed by atoms with van der Waals surface area (Å²) < 4.78 is 17.2. The number of aryl methyl sites for hydroxylation is 2. The van der Waals surface area contributed by atoms with Crippen LogP contribution >= 0.6 is 0 Å². The van der Waals surface area contributed by atoms with Gasteiger partial charge < -0.3 is 5.32 Å². The van der Waals surface area contributed by atoms with E-state index in [2.05, 4.69) is 15.5 Å². The Labute approximate surface area is 151 Å². The molecule has 0 spiro atoms. The van der Waals surface area contributed by atoms with Crippen molar-refractivity contribution in [3.8, 4) is 0 Å². The smallest absolute Gasteiger partial charge is 0.249 e. The van der Waals surface area contributed by atoms with Crippen LogP contribution < -0.4 is 5.32 Å². The van der Waals surface area contributed by atoms with Crippen LogP contribution in [0.3, 0.4) is 0 Å². The molecule has 0 saturated carbocycles. The van der Waals surface area contributed by atoms with Gasteiger partial charge in [0.25, 0.3) is 0 Å². The highest BCUT2D eigenvalue weighted by atomic mass is 19.1. The van der Waals surface area contributed by atoms with Crippen LogP contribution in [0.1, 0.15) is 35.5 Å². The molecule has 3 rings (SSSR count). The Balaban J connectivity index is 1.79. The van der Waals surface area contributed by atoms with Crippen molar-refractivity contribution >= 4 is 11.6 Å². The van der Waals surface area contributed by atoms with Gasteiger partial charge in [0, 0.05) is 11.8 Å². The fraction of sp³-hybridized carbons (Fsp3) is 0.316. The van der Waals surface area contributed by atoms with Crippen molar-refractivity contribution in [3.63, 3.8) is 0 Å². The zero-order chi connectivity index (χ0) is 18.8. The summed E-state index contributed by atoms with van der Waals surface area (Å²) in [4.78, 5) is 12.6. The first-order valence-electron chi connectivity index (χ1n) is 8.46. The summed E-state index contributed by atoms with van der Waals surface area (Å²) in [7, 11) is 0. The Morgan fingerprint density at radius 3 is 2.65 bits per heavy atom. The molecule has 0 aliphatic rings. The molecule has 0 aliphatic heterocycles. The molecular formula is C19H22FN5O. The van der Waals surface area contributed by atoms with Gasteiger partial charge in [-0.2, -0.15) is 10.2 Å². The number of halogens is 1. The largest absolute Gasteiger partial charge is 0.321 e. The van der Waals surface area contributed by atoms with Gasteiger partial charge in [0.15, 0.2) is 0 Å². The molecule has 0 aliphatic carbocycles. The first-order chi connectivity index (χ1) is 12.4. The number of nitrogens with one attached hydrogen (secondary N) is 1. The molecule has 1 aromatic carbocycles. The summed E-state index contributed by atoms with van der Waals surface area (Å²) in [6.45, 7) is 7.71. The number of benzene rings is 1. The van der Waals surface area contributed by atoms with Gasteiger partial charge >= 0.3 is 0 Å². The van der Waals surface area contributed by atoms with Gasteiger partial charge in [-0.15, -0.1) is 0 Å². The van der Waals surface area contributed by atoms with Gasteiger partial charge in [-0.3, -0.25) is 14.2 Å². The summed E-state index contributed by atoms with van der Waals surface area (Å²) in [6, 6.07) is 6.16. The molecule has 2 heterocycles. The van der Waals surface area contributed by atoms with Crippen LogP contribution in [-0.2, 0) is 11.3 Å². The van der Waals surface area contributed by atoms with E-state index in [0.29, 0.717) is 23.5 Å². The van der Waals surface area contributed by atoms with Gasteiger partial charge in [0.2, 0.25) is 5.91 Å². The molecule has 0 saturated heterocycles. The molecule has 2 aromatic heterocycles. The van der Waals surface area contributed by atoms with E-state index in [0.717, 1.165) is 11.3 Å². The third kappa shape index (κ3) is 3.51. The fourth-order valence-corrected chi connectivity index (χ4v) is 2.81. The normalized spacial score (nSPS) is 12.2. The van der Waals surface area contributed by atoms with Crippen molar-refractivity contribution in [1.29, 1.82) is 0 Å². The third-order valence-electron chi connectivity index (χ3n) is 4.41. The summed E-state index contributed by atoms with van der Waals surface area (Å²) in [5, 5.41) is 11.6. The van der Waals surface area contributed by atoms with Gasteiger partial charge in [-0.1, -0.05) is 18.2 Å². The zero-order valence-electron chi connectivity index (χ0n) is 15.3. The van der Waals surface area contributed by atoms with E-state index >= 15 is 0 Å². The highest BCUT2D eigenvalue weighted by Gasteiger charge is 2.20. The van der Waals surface area contributed by atoms with Crippen molar-refractivity contribution in [2.75, 3.05) is 5.32 Å². The Kier molecular flexibility index (Phi) is 4.88. The number of carbonyl (C=O) groups excluding carboxylic acids is 1.